The molecule has 2 aromatic rings. The van der Waals surface area contributed by atoms with Crippen molar-refractivity contribution in [2.75, 3.05) is 13.6 Å². The molecule has 1 saturated carbocycles. The second-order valence-corrected chi connectivity index (χ2v) is 5.69. The molecule has 1 fully saturated rings. The molecular weight excluding hydrogens is 234 g/mol. The fourth-order valence-electron chi connectivity index (χ4n) is 2.92. The van der Waals surface area contributed by atoms with E-state index in [1.807, 2.05) is 7.05 Å². The van der Waals surface area contributed by atoms with E-state index in [4.69, 9.17) is 4.98 Å². The largest absolute Gasteiger partial charge is 0.342 e. The molecule has 3 nitrogen and oxygen atoms in total. The van der Waals surface area contributed by atoms with E-state index >= 15 is 0 Å². The summed E-state index contributed by atoms with van der Waals surface area (Å²) < 4.78 is 0. The molecule has 0 bridgehead atoms. The highest BCUT2D eigenvalue weighted by Gasteiger charge is 2.22. The minimum atomic E-state index is 0.588. The molecule has 0 saturated heterocycles. The van der Waals surface area contributed by atoms with Crippen molar-refractivity contribution in [3.05, 3.63) is 29.6 Å². The van der Waals surface area contributed by atoms with Crippen molar-refractivity contribution in [1.82, 2.24) is 15.3 Å². The highest BCUT2D eigenvalue weighted by Crippen LogP contribution is 2.35. The molecule has 1 atom stereocenters. The van der Waals surface area contributed by atoms with E-state index in [0.717, 1.165) is 18.5 Å². The lowest BCUT2D eigenvalue weighted by molar-refractivity contribution is 0.405. The Balaban J connectivity index is 1.90. The fraction of sp³-hybridized carbons (Fsp3) is 0.562. The van der Waals surface area contributed by atoms with Crippen LogP contribution in [0.3, 0.4) is 0 Å². The topological polar surface area (TPSA) is 40.7 Å². The Morgan fingerprint density at radius 3 is 2.89 bits per heavy atom. The van der Waals surface area contributed by atoms with E-state index in [0.29, 0.717) is 11.8 Å². The van der Waals surface area contributed by atoms with E-state index in [2.05, 4.69) is 35.4 Å². The number of likely N-dealkylation sites (N-methyl/N-ethyl adjacent to an activating group) is 1. The standard InChI is InChI=1S/C16H23N3/c1-3-11(10-17-2)13-7-8-14-15(9-13)19-16(18-14)12-5-4-6-12/h7-9,11-12,17H,3-6,10H2,1-2H3,(H,18,19). The Labute approximate surface area is 114 Å². The number of fused-ring (bicyclic) bond motifs is 1. The van der Waals surface area contributed by atoms with E-state index < -0.39 is 0 Å². The normalized spacial score (nSPS) is 17.6. The van der Waals surface area contributed by atoms with E-state index in [1.165, 1.54) is 36.2 Å². The van der Waals surface area contributed by atoms with Crippen molar-refractivity contribution in [2.45, 2.75) is 44.4 Å². The Kier molecular flexibility index (Phi) is 3.56. The molecule has 0 aliphatic heterocycles. The number of imidazole rings is 1. The average Bonchev–Trinajstić information content (AvgIpc) is 2.75. The van der Waals surface area contributed by atoms with Gasteiger partial charge in [-0.15, -0.1) is 0 Å². The van der Waals surface area contributed by atoms with Crippen LogP contribution >= 0.6 is 0 Å². The van der Waals surface area contributed by atoms with E-state index in [1.54, 1.807) is 0 Å². The zero-order valence-corrected chi connectivity index (χ0v) is 11.9. The Morgan fingerprint density at radius 2 is 2.26 bits per heavy atom. The number of aromatic nitrogens is 2. The maximum atomic E-state index is 4.74. The molecule has 3 heteroatoms. The summed E-state index contributed by atoms with van der Waals surface area (Å²) in [6.07, 6.45) is 5.11. The van der Waals surface area contributed by atoms with Crippen molar-refractivity contribution in [3.8, 4) is 0 Å². The predicted molar refractivity (Wildman–Crippen MR) is 79.6 cm³/mol. The van der Waals surface area contributed by atoms with Gasteiger partial charge in [-0.25, -0.2) is 4.98 Å². The lowest BCUT2D eigenvalue weighted by Crippen LogP contribution is -2.16. The molecular formula is C16H23N3. The van der Waals surface area contributed by atoms with Gasteiger partial charge in [-0.2, -0.15) is 0 Å². The first-order valence-corrected chi connectivity index (χ1v) is 7.46. The van der Waals surface area contributed by atoms with Gasteiger partial charge in [-0.1, -0.05) is 19.4 Å². The molecule has 0 amide bonds. The second-order valence-electron chi connectivity index (χ2n) is 5.69. The molecule has 1 aliphatic carbocycles. The number of H-pyrrole nitrogens is 1. The van der Waals surface area contributed by atoms with Gasteiger partial charge < -0.3 is 10.3 Å². The van der Waals surface area contributed by atoms with Crippen molar-refractivity contribution < 1.29 is 0 Å². The molecule has 1 aromatic carbocycles. The number of rotatable bonds is 5. The van der Waals surface area contributed by atoms with Crippen LogP contribution < -0.4 is 5.32 Å². The van der Waals surface area contributed by atoms with Gasteiger partial charge in [-0.3, -0.25) is 0 Å². The lowest BCUT2D eigenvalue weighted by Gasteiger charge is -2.22. The summed E-state index contributed by atoms with van der Waals surface area (Å²) in [4.78, 5) is 8.26. The highest BCUT2D eigenvalue weighted by atomic mass is 14.9. The summed E-state index contributed by atoms with van der Waals surface area (Å²) in [5.41, 5.74) is 3.73. The second kappa shape index (κ2) is 5.33. The van der Waals surface area contributed by atoms with Crippen LogP contribution in [0.25, 0.3) is 11.0 Å². The monoisotopic (exact) mass is 257 g/mol. The molecule has 1 heterocycles. The van der Waals surface area contributed by atoms with Crippen LogP contribution in [-0.4, -0.2) is 23.6 Å². The molecule has 1 aliphatic rings. The minimum absolute atomic E-state index is 0.588. The Bertz CT molecular complexity index is 554. The van der Waals surface area contributed by atoms with Crippen molar-refractivity contribution >= 4 is 11.0 Å². The summed E-state index contributed by atoms with van der Waals surface area (Å²) in [7, 11) is 2.02. The molecule has 3 rings (SSSR count). The van der Waals surface area contributed by atoms with Crippen LogP contribution in [0.1, 0.15) is 55.8 Å². The SMILES string of the molecule is CCC(CNC)c1ccc2nc(C3CCC3)[nH]c2c1. The summed E-state index contributed by atoms with van der Waals surface area (Å²) >= 11 is 0. The van der Waals surface area contributed by atoms with E-state index in [9.17, 15) is 0 Å². The number of hydrogen-bond donors (Lipinski definition) is 2. The first-order chi connectivity index (χ1) is 9.31. The predicted octanol–water partition coefficient (Wildman–Crippen LogP) is 3.54. The van der Waals surface area contributed by atoms with Crippen LogP contribution in [0.2, 0.25) is 0 Å². The van der Waals surface area contributed by atoms with Crippen molar-refractivity contribution in [1.29, 1.82) is 0 Å². The quantitative estimate of drug-likeness (QED) is 0.860. The molecule has 0 radical (unpaired) electrons. The van der Waals surface area contributed by atoms with Crippen LogP contribution in [0.15, 0.2) is 18.2 Å². The number of nitrogens with one attached hydrogen (secondary N) is 2. The third kappa shape index (κ3) is 2.39. The van der Waals surface area contributed by atoms with E-state index in [-0.39, 0.29) is 0 Å². The van der Waals surface area contributed by atoms with Gasteiger partial charge in [-0.05, 0) is 49.9 Å². The maximum absolute atomic E-state index is 4.74. The summed E-state index contributed by atoms with van der Waals surface area (Å²) in [6.45, 7) is 3.28. The zero-order chi connectivity index (χ0) is 13.2. The van der Waals surface area contributed by atoms with Gasteiger partial charge in [0, 0.05) is 12.5 Å². The smallest absolute Gasteiger partial charge is 0.110 e. The van der Waals surface area contributed by atoms with Crippen LogP contribution in [0, 0.1) is 0 Å². The van der Waals surface area contributed by atoms with Crippen LogP contribution in [0.4, 0.5) is 0 Å². The van der Waals surface area contributed by atoms with Gasteiger partial charge in [0.2, 0.25) is 0 Å². The third-order valence-corrected chi connectivity index (χ3v) is 4.43. The van der Waals surface area contributed by atoms with Gasteiger partial charge in [0.05, 0.1) is 11.0 Å². The fourth-order valence-corrected chi connectivity index (χ4v) is 2.92. The van der Waals surface area contributed by atoms with Crippen molar-refractivity contribution in [3.63, 3.8) is 0 Å². The van der Waals surface area contributed by atoms with Gasteiger partial charge in [0.15, 0.2) is 0 Å². The third-order valence-electron chi connectivity index (χ3n) is 4.43. The van der Waals surface area contributed by atoms with Gasteiger partial charge in [0.25, 0.3) is 0 Å². The average molecular weight is 257 g/mol. The summed E-state index contributed by atoms with van der Waals surface area (Å²) in [6, 6.07) is 6.69. The first kappa shape index (κ1) is 12.7. The molecule has 0 spiro atoms. The van der Waals surface area contributed by atoms with Crippen molar-refractivity contribution in [2.24, 2.45) is 0 Å². The van der Waals surface area contributed by atoms with Gasteiger partial charge in [0.1, 0.15) is 5.82 Å². The minimum Gasteiger partial charge on any atom is -0.342 e. The maximum Gasteiger partial charge on any atom is 0.110 e. The molecule has 19 heavy (non-hydrogen) atoms. The summed E-state index contributed by atoms with van der Waals surface area (Å²) in [5, 5.41) is 3.28. The lowest BCUT2D eigenvalue weighted by atomic mass is 9.85. The Morgan fingerprint density at radius 1 is 1.42 bits per heavy atom. The number of benzene rings is 1. The Hall–Kier alpha value is -1.35. The first-order valence-electron chi connectivity index (χ1n) is 7.46. The molecule has 1 unspecified atom stereocenters. The highest BCUT2D eigenvalue weighted by molar-refractivity contribution is 5.76. The van der Waals surface area contributed by atoms with Crippen LogP contribution in [0.5, 0.6) is 0 Å². The molecule has 2 N–H and O–H groups in total. The molecule has 1 aromatic heterocycles. The van der Waals surface area contributed by atoms with Gasteiger partial charge >= 0.3 is 0 Å². The summed E-state index contributed by atoms with van der Waals surface area (Å²) in [5.74, 6) is 2.46. The molecule has 102 valence electrons. The number of aromatic amines is 1. The van der Waals surface area contributed by atoms with Crippen LogP contribution in [-0.2, 0) is 0 Å². The zero-order valence-electron chi connectivity index (χ0n) is 11.9. The number of nitrogens with zero attached hydrogens (tertiary/aromatic N) is 1. The number of hydrogen-bond acceptors (Lipinski definition) is 2.